The van der Waals surface area contributed by atoms with Gasteiger partial charge in [-0.3, -0.25) is 0 Å². The molecule has 0 unspecified atom stereocenters. The maximum atomic E-state index is 3.58. The van der Waals surface area contributed by atoms with Gasteiger partial charge < -0.3 is 0 Å². The highest BCUT2D eigenvalue weighted by atomic mass is 79.9. The van der Waals surface area contributed by atoms with Crippen molar-refractivity contribution in [2.24, 2.45) is 0 Å². The van der Waals surface area contributed by atoms with E-state index in [2.05, 4.69) is 31.0 Å². The fraction of sp³-hybridized carbons (Fsp3) is 1.00. The van der Waals surface area contributed by atoms with Gasteiger partial charge in [0.1, 0.15) is 0 Å². The summed E-state index contributed by atoms with van der Waals surface area (Å²) in [7, 11) is 0. The van der Waals surface area contributed by atoms with Crippen molar-refractivity contribution in [2.45, 2.75) is 31.3 Å². The Hall–Kier alpha value is 1.39. The first kappa shape index (κ1) is 7.50. The minimum Gasteiger partial charge on any atom is -0.0526 e. The Bertz CT molecular complexity index is 68.8. The van der Waals surface area contributed by atoms with Gasteiger partial charge in [-0.15, -0.1) is 0 Å². The summed E-state index contributed by atoms with van der Waals surface area (Å²) in [6.45, 7) is 0. The largest absolute Gasteiger partial charge is 0.0526 e. The molecule has 0 aromatic rings. The van der Waals surface area contributed by atoms with Gasteiger partial charge in [-0.25, -0.2) is 0 Å². The molecule has 0 atom stereocenters. The van der Waals surface area contributed by atoms with Crippen LogP contribution < -0.4 is 0 Å². The highest BCUT2D eigenvalue weighted by molar-refractivity contribution is 9.69. The van der Waals surface area contributed by atoms with Crippen molar-refractivity contribution >= 4 is 36.3 Å². The molecular weight excluding hydrogens is 251 g/mol. The van der Waals surface area contributed by atoms with Crippen LogP contribution in [0.4, 0.5) is 0 Å². The van der Waals surface area contributed by atoms with Crippen LogP contribution in [0.25, 0.3) is 0 Å². The van der Waals surface area contributed by atoms with Crippen molar-refractivity contribution in [2.75, 3.05) is 0 Å². The van der Waals surface area contributed by atoms with Crippen LogP contribution in [-0.2, 0) is 0 Å². The SMILES string of the molecule is BrP(Br)C1CCCC1. The van der Waals surface area contributed by atoms with E-state index in [1.165, 1.54) is 25.7 Å². The molecule has 1 fully saturated rings. The molecule has 48 valence electrons. The second-order valence-electron chi connectivity index (χ2n) is 2.20. The summed E-state index contributed by atoms with van der Waals surface area (Å²) in [6.07, 6.45) is 5.76. The molecule has 8 heavy (non-hydrogen) atoms. The summed E-state index contributed by atoms with van der Waals surface area (Å²) >= 11 is 7.17. The van der Waals surface area contributed by atoms with E-state index in [-0.39, 0.29) is 5.33 Å². The Morgan fingerprint density at radius 3 is 1.88 bits per heavy atom. The van der Waals surface area contributed by atoms with Crippen LogP contribution in [0, 0.1) is 0 Å². The van der Waals surface area contributed by atoms with Crippen LogP contribution in [0.3, 0.4) is 0 Å². The van der Waals surface area contributed by atoms with Gasteiger partial charge in [0, 0.05) is 5.33 Å². The molecule has 0 aromatic carbocycles. The smallest absolute Gasteiger partial charge is 0.0378 e. The quantitative estimate of drug-likeness (QED) is 0.624. The summed E-state index contributed by atoms with van der Waals surface area (Å²) in [4.78, 5) is 0. The molecule has 0 radical (unpaired) electrons. The van der Waals surface area contributed by atoms with Gasteiger partial charge in [0.15, 0.2) is 0 Å². The van der Waals surface area contributed by atoms with E-state index in [4.69, 9.17) is 0 Å². The van der Waals surface area contributed by atoms with Gasteiger partial charge in [-0.2, -0.15) is 0 Å². The van der Waals surface area contributed by atoms with Crippen LogP contribution in [-0.4, -0.2) is 5.66 Å². The zero-order chi connectivity index (χ0) is 5.98. The number of halogens is 2. The third-order valence-electron chi connectivity index (χ3n) is 1.60. The molecule has 1 saturated carbocycles. The molecule has 0 aromatic heterocycles. The van der Waals surface area contributed by atoms with Gasteiger partial charge in [0.05, 0.1) is 0 Å². The first-order valence-electron chi connectivity index (χ1n) is 2.91. The van der Waals surface area contributed by atoms with E-state index in [0.717, 1.165) is 5.66 Å². The summed E-state index contributed by atoms with van der Waals surface area (Å²) in [5.74, 6) is 0. The van der Waals surface area contributed by atoms with Crippen molar-refractivity contribution in [1.29, 1.82) is 0 Å². The Kier molecular flexibility index (Phi) is 3.31. The lowest BCUT2D eigenvalue weighted by Crippen LogP contribution is -1.88. The van der Waals surface area contributed by atoms with E-state index < -0.39 is 0 Å². The van der Waals surface area contributed by atoms with E-state index in [9.17, 15) is 0 Å². The van der Waals surface area contributed by atoms with Crippen LogP contribution >= 0.6 is 36.3 Å². The number of hydrogen-bond donors (Lipinski definition) is 0. The Morgan fingerprint density at radius 1 is 1.12 bits per heavy atom. The average Bonchev–Trinajstić information content (AvgIpc) is 2.12. The lowest BCUT2D eigenvalue weighted by atomic mass is 10.4. The zero-order valence-electron chi connectivity index (χ0n) is 4.61. The monoisotopic (exact) mass is 258 g/mol. The first-order valence-corrected chi connectivity index (χ1v) is 8.36. The van der Waals surface area contributed by atoms with Crippen molar-refractivity contribution in [3.8, 4) is 0 Å². The molecule has 1 rings (SSSR count). The maximum Gasteiger partial charge on any atom is 0.0378 e. The topological polar surface area (TPSA) is 0 Å². The van der Waals surface area contributed by atoms with Gasteiger partial charge in [0.25, 0.3) is 0 Å². The molecule has 0 N–H and O–H groups in total. The summed E-state index contributed by atoms with van der Waals surface area (Å²) in [6, 6.07) is 0. The van der Waals surface area contributed by atoms with Crippen molar-refractivity contribution in [1.82, 2.24) is 0 Å². The van der Waals surface area contributed by atoms with E-state index in [1.807, 2.05) is 0 Å². The molecule has 3 heteroatoms. The van der Waals surface area contributed by atoms with Crippen molar-refractivity contribution in [3.05, 3.63) is 0 Å². The van der Waals surface area contributed by atoms with E-state index in [0.29, 0.717) is 0 Å². The number of rotatable bonds is 1. The predicted molar refractivity (Wildman–Crippen MR) is 47.0 cm³/mol. The third-order valence-corrected chi connectivity index (χ3v) is 6.14. The highest BCUT2D eigenvalue weighted by Gasteiger charge is 2.19. The number of hydrogen-bond acceptors (Lipinski definition) is 0. The fourth-order valence-corrected chi connectivity index (χ4v) is 4.31. The fourth-order valence-electron chi connectivity index (χ4n) is 1.10. The van der Waals surface area contributed by atoms with Crippen molar-refractivity contribution in [3.63, 3.8) is 0 Å². The lowest BCUT2D eigenvalue weighted by Gasteiger charge is -2.07. The molecule has 0 heterocycles. The highest BCUT2D eigenvalue weighted by Crippen LogP contribution is 2.60. The predicted octanol–water partition coefficient (Wildman–Crippen LogP) is 4.03. The first-order chi connectivity index (χ1) is 3.80. The molecule has 0 spiro atoms. The van der Waals surface area contributed by atoms with Crippen molar-refractivity contribution < 1.29 is 0 Å². The summed E-state index contributed by atoms with van der Waals surface area (Å²) < 4.78 is 0. The van der Waals surface area contributed by atoms with Gasteiger partial charge in [0.2, 0.25) is 0 Å². The molecule has 0 saturated heterocycles. The molecular formula is C5H9Br2P. The molecule has 0 amide bonds. The average molecular weight is 260 g/mol. The summed E-state index contributed by atoms with van der Waals surface area (Å²) in [5.41, 5.74) is 0.963. The second kappa shape index (κ2) is 3.53. The van der Waals surface area contributed by atoms with Crippen LogP contribution in [0.1, 0.15) is 25.7 Å². The maximum absolute atomic E-state index is 3.58. The Balaban J connectivity index is 2.24. The molecule has 0 nitrogen and oxygen atoms in total. The van der Waals surface area contributed by atoms with Crippen LogP contribution in [0.2, 0.25) is 0 Å². The van der Waals surface area contributed by atoms with Gasteiger partial charge in [-0.05, 0) is 49.5 Å². The molecule has 0 aliphatic heterocycles. The minimum absolute atomic E-state index is 0.0234. The molecule has 1 aliphatic rings. The van der Waals surface area contributed by atoms with Gasteiger partial charge >= 0.3 is 0 Å². The molecule has 0 bridgehead atoms. The lowest BCUT2D eigenvalue weighted by molar-refractivity contribution is 0.886. The minimum atomic E-state index is 0.0234. The zero-order valence-corrected chi connectivity index (χ0v) is 8.68. The standard InChI is InChI=1S/C5H9Br2P/c6-8(7)5-3-1-2-4-5/h5H,1-4H2. The summed E-state index contributed by atoms with van der Waals surface area (Å²) in [5, 5.41) is 0.0234. The van der Waals surface area contributed by atoms with E-state index >= 15 is 0 Å². The third kappa shape index (κ3) is 1.97. The van der Waals surface area contributed by atoms with Crippen LogP contribution in [0.15, 0.2) is 0 Å². The Labute approximate surface area is 67.7 Å². The van der Waals surface area contributed by atoms with E-state index in [1.54, 1.807) is 0 Å². The second-order valence-corrected chi connectivity index (χ2v) is 10.9. The molecule has 1 aliphatic carbocycles. The normalized spacial score (nSPS) is 22.9. The van der Waals surface area contributed by atoms with Gasteiger partial charge in [-0.1, -0.05) is 12.8 Å². The Morgan fingerprint density at radius 2 is 1.62 bits per heavy atom. The van der Waals surface area contributed by atoms with Crippen LogP contribution in [0.5, 0.6) is 0 Å².